The van der Waals surface area contributed by atoms with Crippen LogP contribution in [0.2, 0.25) is 0 Å². The first-order chi connectivity index (χ1) is 10.6. The van der Waals surface area contributed by atoms with Gasteiger partial charge in [0, 0.05) is 25.1 Å². The number of hydrogen-bond acceptors (Lipinski definition) is 3. The van der Waals surface area contributed by atoms with E-state index in [-0.39, 0.29) is 17.6 Å². The summed E-state index contributed by atoms with van der Waals surface area (Å²) in [6.07, 6.45) is 7.58. The van der Waals surface area contributed by atoms with Gasteiger partial charge in [-0.25, -0.2) is 0 Å². The molecular weight excluding hydrogens is 280 g/mol. The molecule has 1 aromatic rings. The number of aromatic hydroxyl groups is 1. The summed E-state index contributed by atoms with van der Waals surface area (Å²) >= 11 is 0. The lowest BCUT2D eigenvalue weighted by Crippen LogP contribution is -2.30. The van der Waals surface area contributed by atoms with Crippen molar-refractivity contribution in [3.05, 3.63) is 42.0 Å². The van der Waals surface area contributed by atoms with Crippen LogP contribution in [0.15, 0.2) is 36.4 Å². The average molecular weight is 302 g/mol. The average Bonchev–Trinajstić information content (AvgIpc) is 2.99. The minimum absolute atomic E-state index is 0.0656. The molecule has 0 heterocycles. The van der Waals surface area contributed by atoms with Crippen LogP contribution in [0.25, 0.3) is 0 Å². The van der Waals surface area contributed by atoms with E-state index in [4.69, 9.17) is 0 Å². The molecule has 1 unspecified atom stereocenters. The Morgan fingerprint density at radius 1 is 1.23 bits per heavy atom. The largest absolute Gasteiger partial charge is 0.508 e. The molecule has 22 heavy (non-hydrogen) atoms. The van der Waals surface area contributed by atoms with Gasteiger partial charge in [-0.2, -0.15) is 0 Å². The Morgan fingerprint density at radius 3 is 2.77 bits per heavy atom. The summed E-state index contributed by atoms with van der Waals surface area (Å²) in [6.45, 7) is 1.04. The number of amides is 2. The van der Waals surface area contributed by atoms with Crippen LogP contribution in [0.4, 0.5) is 0 Å². The van der Waals surface area contributed by atoms with Crippen LogP contribution in [-0.4, -0.2) is 30.0 Å². The molecular formula is C17H22N2O3. The molecule has 0 bridgehead atoms. The fraction of sp³-hybridized carbons (Fsp3) is 0.412. The van der Waals surface area contributed by atoms with E-state index in [1.165, 1.54) is 12.1 Å². The summed E-state index contributed by atoms with van der Waals surface area (Å²) in [5, 5.41) is 14.9. The van der Waals surface area contributed by atoms with Crippen LogP contribution in [0.3, 0.4) is 0 Å². The van der Waals surface area contributed by atoms with Crippen molar-refractivity contribution in [2.75, 3.05) is 13.1 Å². The molecule has 0 spiro atoms. The quantitative estimate of drug-likeness (QED) is 0.532. The van der Waals surface area contributed by atoms with E-state index in [1.54, 1.807) is 12.1 Å². The van der Waals surface area contributed by atoms with Crippen LogP contribution in [0.1, 0.15) is 36.0 Å². The first kappa shape index (κ1) is 16.1. The van der Waals surface area contributed by atoms with Gasteiger partial charge in [-0.15, -0.1) is 0 Å². The first-order valence-corrected chi connectivity index (χ1v) is 7.66. The van der Waals surface area contributed by atoms with Crippen LogP contribution >= 0.6 is 0 Å². The zero-order valence-corrected chi connectivity index (χ0v) is 12.5. The standard InChI is InChI=1S/C17H22N2O3/c20-15-8-3-7-14(12-15)17(22)19-10-4-9-18-16(21)11-13-5-1-2-6-13/h1,3,5,7-8,12-13,20H,2,4,6,9-11H2,(H,18,21)(H,19,22). The van der Waals surface area contributed by atoms with Gasteiger partial charge in [0.1, 0.15) is 5.75 Å². The highest BCUT2D eigenvalue weighted by Gasteiger charge is 2.13. The topological polar surface area (TPSA) is 78.4 Å². The number of allylic oxidation sites excluding steroid dienone is 2. The van der Waals surface area contributed by atoms with Crippen LogP contribution in [0, 0.1) is 5.92 Å². The third-order valence-corrected chi connectivity index (χ3v) is 3.63. The molecule has 1 aliphatic rings. The molecule has 2 rings (SSSR count). The zero-order valence-electron chi connectivity index (χ0n) is 12.5. The number of hydrogen-bond donors (Lipinski definition) is 3. The molecule has 0 fully saturated rings. The summed E-state index contributed by atoms with van der Waals surface area (Å²) in [5.41, 5.74) is 0.428. The van der Waals surface area contributed by atoms with Crippen molar-refractivity contribution in [2.24, 2.45) is 5.92 Å². The number of carbonyl (C=O) groups excluding carboxylic acids is 2. The van der Waals surface area contributed by atoms with E-state index >= 15 is 0 Å². The molecule has 1 aliphatic carbocycles. The zero-order chi connectivity index (χ0) is 15.8. The van der Waals surface area contributed by atoms with Crippen molar-refractivity contribution < 1.29 is 14.7 Å². The number of phenolic OH excluding ortho intramolecular Hbond substituents is 1. The number of carbonyl (C=O) groups is 2. The molecule has 3 N–H and O–H groups in total. The van der Waals surface area contributed by atoms with Crippen molar-refractivity contribution in [3.63, 3.8) is 0 Å². The lowest BCUT2D eigenvalue weighted by molar-refractivity contribution is -0.121. The number of benzene rings is 1. The van der Waals surface area contributed by atoms with E-state index in [9.17, 15) is 14.7 Å². The number of rotatable bonds is 7. The normalized spacial score (nSPS) is 16.5. The monoisotopic (exact) mass is 302 g/mol. The molecule has 5 nitrogen and oxygen atoms in total. The fourth-order valence-electron chi connectivity index (χ4n) is 2.44. The minimum Gasteiger partial charge on any atom is -0.508 e. The van der Waals surface area contributed by atoms with Crippen LogP contribution in [0.5, 0.6) is 5.75 Å². The maximum absolute atomic E-state index is 11.8. The molecule has 1 atom stereocenters. The first-order valence-electron chi connectivity index (χ1n) is 7.66. The van der Waals surface area contributed by atoms with Gasteiger partial charge in [0.25, 0.3) is 5.91 Å². The van der Waals surface area contributed by atoms with Crippen LogP contribution < -0.4 is 10.6 Å². The van der Waals surface area contributed by atoms with Gasteiger partial charge in [-0.3, -0.25) is 9.59 Å². The molecule has 0 aliphatic heterocycles. The molecule has 2 amide bonds. The van der Waals surface area contributed by atoms with E-state index < -0.39 is 0 Å². The third-order valence-electron chi connectivity index (χ3n) is 3.63. The van der Waals surface area contributed by atoms with Gasteiger partial charge in [-0.1, -0.05) is 18.2 Å². The summed E-state index contributed by atoms with van der Waals surface area (Å²) in [6, 6.07) is 6.21. The molecule has 1 aromatic carbocycles. The van der Waals surface area contributed by atoms with Crippen molar-refractivity contribution >= 4 is 11.8 Å². The number of phenols is 1. The van der Waals surface area contributed by atoms with Gasteiger partial charge in [0.2, 0.25) is 5.91 Å². The Hall–Kier alpha value is -2.30. The van der Waals surface area contributed by atoms with E-state index in [2.05, 4.69) is 22.8 Å². The van der Waals surface area contributed by atoms with Crippen molar-refractivity contribution in [1.82, 2.24) is 10.6 Å². The second-order valence-corrected chi connectivity index (χ2v) is 5.48. The maximum atomic E-state index is 11.8. The lowest BCUT2D eigenvalue weighted by atomic mass is 10.1. The van der Waals surface area contributed by atoms with Gasteiger partial charge >= 0.3 is 0 Å². The second kappa shape index (κ2) is 8.22. The van der Waals surface area contributed by atoms with Crippen molar-refractivity contribution in [1.29, 1.82) is 0 Å². The SMILES string of the molecule is O=C(CC1C=CCC1)NCCCNC(=O)c1cccc(O)c1. The van der Waals surface area contributed by atoms with E-state index in [0.717, 1.165) is 12.8 Å². The summed E-state index contributed by atoms with van der Waals surface area (Å²) < 4.78 is 0. The lowest BCUT2D eigenvalue weighted by Gasteiger charge is -2.09. The summed E-state index contributed by atoms with van der Waals surface area (Å²) in [5.74, 6) is 0.292. The molecule has 0 aromatic heterocycles. The smallest absolute Gasteiger partial charge is 0.251 e. The Bertz CT molecular complexity index is 555. The van der Waals surface area contributed by atoms with E-state index in [0.29, 0.717) is 37.4 Å². The number of nitrogens with one attached hydrogen (secondary N) is 2. The second-order valence-electron chi connectivity index (χ2n) is 5.48. The summed E-state index contributed by atoms with van der Waals surface area (Å²) in [7, 11) is 0. The third kappa shape index (κ3) is 5.24. The predicted octanol–water partition coefficient (Wildman–Crippen LogP) is 1.98. The van der Waals surface area contributed by atoms with E-state index in [1.807, 2.05) is 0 Å². The molecule has 0 saturated heterocycles. The van der Waals surface area contributed by atoms with Gasteiger partial charge in [0.15, 0.2) is 0 Å². The Kier molecular flexibility index (Phi) is 6.01. The predicted molar refractivity (Wildman–Crippen MR) is 84.5 cm³/mol. The molecule has 118 valence electrons. The maximum Gasteiger partial charge on any atom is 0.251 e. The molecule has 0 saturated carbocycles. The highest BCUT2D eigenvalue weighted by atomic mass is 16.3. The Balaban J connectivity index is 1.58. The van der Waals surface area contributed by atoms with Crippen LogP contribution in [-0.2, 0) is 4.79 Å². The highest BCUT2D eigenvalue weighted by Crippen LogP contribution is 2.19. The van der Waals surface area contributed by atoms with Gasteiger partial charge in [0.05, 0.1) is 0 Å². The highest BCUT2D eigenvalue weighted by molar-refractivity contribution is 5.94. The van der Waals surface area contributed by atoms with Crippen molar-refractivity contribution in [3.8, 4) is 5.75 Å². The summed E-state index contributed by atoms with van der Waals surface area (Å²) in [4.78, 5) is 23.5. The fourth-order valence-corrected chi connectivity index (χ4v) is 2.44. The Labute approximate surface area is 130 Å². The van der Waals surface area contributed by atoms with Gasteiger partial charge in [-0.05, 0) is 43.4 Å². The Morgan fingerprint density at radius 2 is 2.05 bits per heavy atom. The molecule has 5 heteroatoms. The van der Waals surface area contributed by atoms with Crippen molar-refractivity contribution in [2.45, 2.75) is 25.7 Å². The molecule has 0 radical (unpaired) electrons. The van der Waals surface area contributed by atoms with Gasteiger partial charge < -0.3 is 15.7 Å². The minimum atomic E-state index is -0.224.